The highest BCUT2D eigenvalue weighted by Gasteiger charge is 2.41. The van der Waals surface area contributed by atoms with E-state index >= 15 is 0 Å². The molecular formula is C10H17F4NO3. The fraction of sp³-hybridized carbons (Fsp3) is 0.900. The Hall–Kier alpha value is -0.890. The van der Waals surface area contributed by atoms with Gasteiger partial charge in [0, 0.05) is 6.61 Å². The normalized spacial score (nSPS) is 15.7. The lowest BCUT2D eigenvalue weighted by Crippen LogP contribution is -2.47. The molecule has 4 nitrogen and oxygen atoms in total. The topological polar surface area (TPSA) is 72.5 Å². The van der Waals surface area contributed by atoms with Gasteiger partial charge in [0.25, 0.3) is 0 Å². The van der Waals surface area contributed by atoms with Crippen LogP contribution in [0.3, 0.4) is 0 Å². The number of ether oxygens (including phenoxy) is 1. The van der Waals surface area contributed by atoms with Crippen LogP contribution in [0.2, 0.25) is 0 Å². The molecule has 1 unspecified atom stereocenters. The number of carboxylic acid groups (broad SMARTS) is 1. The minimum absolute atomic E-state index is 0.0269. The molecule has 0 aromatic carbocycles. The van der Waals surface area contributed by atoms with Crippen LogP contribution in [0.1, 0.15) is 26.2 Å². The number of rotatable bonds is 9. The van der Waals surface area contributed by atoms with Gasteiger partial charge in [0.1, 0.15) is 12.1 Å². The molecule has 0 aromatic rings. The van der Waals surface area contributed by atoms with Crippen molar-refractivity contribution >= 4 is 5.97 Å². The van der Waals surface area contributed by atoms with Gasteiger partial charge in [0.2, 0.25) is 0 Å². The van der Waals surface area contributed by atoms with Gasteiger partial charge in [-0.3, -0.25) is 4.79 Å². The minimum atomic E-state index is -4.18. The molecule has 0 heterocycles. The van der Waals surface area contributed by atoms with Gasteiger partial charge in [-0.1, -0.05) is 6.92 Å². The van der Waals surface area contributed by atoms with Crippen LogP contribution in [0.15, 0.2) is 0 Å². The molecule has 1 atom stereocenters. The van der Waals surface area contributed by atoms with Crippen molar-refractivity contribution in [3.05, 3.63) is 0 Å². The lowest BCUT2D eigenvalue weighted by molar-refractivity contribution is -0.166. The summed E-state index contributed by atoms with van der Waals surface area (Å²) in [6.07, 6.45) is -3.47. The summed E-state index contributed by atoms with van der Waals surface area (Å²) >= 11 is 0. The second-order valence-electron chi connectivity index (χ2n) is 4.03. The van der Waals surface area contributed by atoms with Crippen molar-refractivity contribution in [2.75, 3.05) is 13.2 Å². The zero-order chi connectivity index (χ0) is 14.4. The van der Waals surface area contributed by atoms with E-state index in [2.05, 4.69) is 4.74 Å². The van der Waals surface area contributed by atoms with Gasteiger partial charge >= 0.3 is 18.3 Å². The molecule has 0 fully saturated rings. The SMILES string of the molecule is CCC(N)(CCCOCC(F)(F)C(F)F)C(=O)O. The minimum Gasteiger partial charge on any atom is -0.480 e. The van der Waals surface area contributed by atoms with E-state index in [4.69, 9.17) is 10.8 Å². The summed E-state index contributed by atoms with van der Waals surface area (Å²) in [5, 5.41) is 8.81. The monoisotopic (exact) mass is 275 g/mol. The predicted molar refractivity (Wildman–Crippen MR) is 55.8 cm³/mol. The fourth-order valence-corrected chi connectivity index (χ4v) is 1.20. The second kappa shape index (κ2) is 6.89. The lowest BCUT2D eigenvalue weighted by atomic mass is 9.92. The molecule has 0 aliphatic rings. The Labute approximate surface area is 102 Å². The number of hydrogen-bond donors (Lipinski definition) is 2. The first-order chi connectivity index (χ1) is 8.15. The average Bonchev–Trinajstić information content (AvgIpc) is 2.27. The Bertz CT molecular complexity index is 276. The summed E-state index contributed by atoms with van der Waals surface area (Å²) in [6.45, 7) is -0.0457. The Kier molecular flexibility index (Phi) is 6.55. The van der Waals surface area contributed by atoms with E-state index in [1.165, 1.54) is 0 Å². The van der Waals surface area contributed by atoms with E-state index in [9.17, 15) is 22.4 Å². The Morgan fingerprint density at radius 2 is 2.00 bits per heavy atom. The molecule has 0 aliphatic carbocycles. The lowest BCUT2D eigenvalue weighted by Gasteiger charge is -2.23. The third-order valence-corrected chi connectivity index (χ3v) is 2.58. The second-order valence-corrected chi connectivity index (χ2v) is 4.03. The summed E-state index contributed by atoms with van der Waals surface area (Å²) in [4.78, 5) is 10.8. The molecule has 0 amide bonds. The van der Waals surface area contributed by atoms with Gasteiger partial charge in [-0.15, -0.1) is 0 Å². The van der Waals surface area contributed by atoms with Crippen LogP contribution in [-0.4, -0.2) is 42.2 Å². The van der Waals surface area contributed by atoms with Gasteiger partial charge in [0.05, 0.1) is 0 Å². The van der Waals surface area contributed by atoms with E-state index in [1.807, 2.05) is 0 Å². The standard InChI is InChI=1S/C10H17F4NO3/c1-2-9(15,8(16)17)4-3-5-18-6-10(13,14)7(11)12/h7H,2-6,15H2,1H3,(H,16,17). The van der Waals surface area contributed by atoms with Gasteiger partial charge in [-0.2, -0.15) is 8.78 Å². The predicted octanol–water partition coefficient (Wildman–Crippen LogP) is 1.88. The maximum absolute atomic E-state index is 12.4. The van der Waals surface area contributed by atoms with Crippen molar-refractivity contribution in [1.29, 1.82) is 0 Å². The average molecular weight is 275 g/mol. The zero-order valence-electron chi connectivity index (χ0n) is 9.97. The van der Waals surface area contributed by atoms with Crippen LogP contribution < -0.4 is 5.73 Å². The molecule has 0 aromatic heterocycles. The summed E-state index contributed by atoms with van der Waals surface area (Å²) < 4.78 is 52.7. The molecule has 0 saturated heterocycles. The number of aliphatic carboxylic acids is 1. The fourth-order valence-electron chi connectivity index (χ4n) is 1.20. The summed E-state index contributed by atoms with van der Waals surface area (Å²) in [7, 11) is 0. The van der Waals surface area contributed by atoms with E-state index in [0.717, 1.165) is 0 Å². The van der Waals surface area contributed by atoms with E-state index in [-0.39, 0.29) is 25.9 Å². The van der Waals surface area contributed by atoms with E-state index in [0.29, 0.717) is 0 Å². The zero-order valence-corrected chi connectivity index (χ0v) is 9.97. The van der Waals surface area contributed by atoms with Crippen LogP contribution in [0.25, 0.3) is 0 Å². The van der Waals surface area contributed by atoms with Gasteiger partial charge in [-0.05, 0) is 19.3 Å². The molecule has 3 N–H and O–H groups in total. The molecule has 0 spiro atoms. The molecule has 0 aliphatic heterocycles. The number of hydrogen-bond acceptors (Lipinski definition) is 3. The third-order valence-electron chi connectivity index (χ3n) is 2.58. The highest BCUT2D eigenvalue weighted by atomic mass is 19.3. The largest absolute Gasteiger partial charge is 0.480 e. The summed E-state index contributed by atoms with van der Waals surface area (Å²) in [5.41, 5.74) is 4.10. The number of carboxylic acids is 1. The van der Waals surface area contributed by atoms with Crippen LogP contribution in [-0.2, 0) is 9.53 Å². The summed E-state index contributed by atoms with van der Waals surface area (Å²) in [6, 6.07) is 0. The molecule has 0 saturated carbocycles. The van der Waals surface area contributed by atoms with Crippen molar-refractivity contribution in [1.82, 2.24) is 0 Å². The maximum atomic E-state index is 12.4. The quantitative estimate of drug-likeness (QED) is 0.498. The van der Waals surface area contributed by atoms with Crippen LogP contribution in [0.5, 0.6) is 0 Å². The van der Waals surface area contributed by atoms with Crippen LogP contribution in [0, 0.1) is 0 Å². The van der Waals surface area contributed by atoms with Crippen molar-refractivity contribution in [3.8, 4) is 0 Å². The number of carbonyl (C=O) groups is 1. The number of alkyl halides is 4. The maximum Gasteiger partial charge on any atom is 0.330 e. The molecule has 108 valence electrons. The van der Waals surface area contributed by atoms with Gasteiger partial charge < -0.3 is 15.6 Å². The molecule has 0 bridgehead atoms. The van der Waals surface area contributed by atoms with Crippen molar-refractivity contribution in [2.45, 2.75) is 44.1 Å². The molecular weight excluding hydrogens is 258 g/mol. The smallest absolute Gasteiger partial charge is 0.330 e. The first-order valence-electron chi connectivity index (χ1n) is 5.41. The molecule has 18 heavy (non-hydrogen) atoms. The van der Waals surface area contributed by atoms with Crippen molar-refractivity contribution in [2.24, 2.45) is 5.73 Å². The van der Waals surface area contributed by atoms with Gasteiger partial charge in [-0.25, -0.2) is 8.78 Å². The molecule has 0 radical (unpaired) electrons. The van der Waals surface area contributed by atoms with E-state index < -0.39 is 30.5 Å². The van der Waals surface area contributed by atoms with Crippen LogP contribution >= 0.6 is 0 Å². The Morgan fingerprint density at radius 3 is 2.39 bits per heavy atom. The first-order valence-corrected chi connectivity index (χ1v) is 5.41. The van der Waals surface area contributed by atoms with Gasteiger partial charge in [0.15, 0.2) is 0 Å². The van der Waals surface area contributed by atoms with Crippen LogP contribution in [0.4, 0.5) is 17.6 Å². The number of nitrogens with two attached hydrogens (primary N) is 1. The molecule has 8 heteroatoms. The summed E-state index contributed by atoms with van der Waals surface area (Å²) in [5.74, 6) is -5.37. The van der Waals surface area contributed by atoms with Crippen molar-refractivity contribution in [3.63, 3.8) is 0 Å². The third kappa shape index (κ3) is 5.18. The van der Waals surface area contributed by atoms with Crippen molar-refractivity contribution < 1.29 is 32.2 Å². The van der Waals surface area contributed by atoms with E-state index in [1.54, 1.807) is 6.92 Å². The first kappa shape index (κ1) is 17.1. The highest BCUT2D eigenvalue weighted by Crippen LogP contribution is 2.23. The number of halogens is 4. The Morgan fingerprint density at radius 1 is 1.44 bits per heavy atom. The highest BCUT2D eigenvalue weighted by molar-refractivity contribution is 5.78. The molecule has 0 rings (SSSR count). The Balaban J connectivity index is 3.91.